The first-order chi connectivity index (χ1) is 8.01. The highest BCUT2D eigenvalue weighted by molar-refractivity contribution is 4.79. The van der Waals surface area contributed by atoms with Crippen LogP contribution in [0.15, 0.2) is 0 Å². The summed E-state index contributed by atoms with van der Waals surface area (Å²) < 4.78 is 39.8. The predicted octanol–water partition coefficient (Wildman–Crippen LogP) is 3.12. The minimum atomic E-state index is -4.20. The van der Waals surface area contributed by atoms with Crippen LogP contribution in [0.25, 0.3) is 0 Å². The second-order valence-corrected chi connectivity index (χ2v) is 4.76. The van der Waals surface area contributed by atoms with Crippen LogP contribution in [0.4, 0.5) is 13.2 Å². The van der Waals surface area contributed by atoms with Gasteiger partial charge in [-0.1, -0.05) is 19.8 Å². The van der Waals surface area contributed by atoms with Crippen molar-refractivity contribution in [3.05, 3.63) is 0 Å². The van der Waals surface area contributed by atoms with Gasteiger partial charge in [0.05, 0.1) is 0 Å². The van der Waals surface area contributed by atoms with Crippen LogP contribution in [0, 0.1) is 5.92 Å². The van der Waals surface area contributed by atoms with E-state index in [-0.39, 0.29) is 6.61 Å². The van der Waals surface area contributed by atoms with Crippen LogP contribution in [0.5, 0.6) is 0 Å². The molecule has 0 amide bonds. The molecule has 1 unspecified atom stereocenters. The Kier molecular flexibility index (Phi) is 6.27. The molecule has 0 bridgehead atoms. The zero-order chi connectivity index (χ0) is 12.7. The van der Waals surface area contributed by atoms with Crippen LogP contribution in [0.1, 0.15) is 39.0 Å². The topological polar surface area (TPSA) is 21.3 Å². The van der Waals surface area contributed by atoms with E-state index in [2.05, 4.69) is 17.0 Å². The second-order valence-electron chi connectivity index (χ2n) is 4.76. The van der Waals surface area contributed by atoms with Crippen molar-refractivity contribution in [3.63, 3.8) is 0 Å². The number of hydrogen-bond donors (Lipinski definition) is 1. The summed E-state index contributed by atoms with van der Waals surface area (Å²) in [5.41, 5.74) is 0. The molecule has 0 aromatic carbocycles. The first-order valence-electron chi connectivity index (χ1n) is 6.39. The van der Waals surface area contributed by atoms with Crippen LogP contribution in [0.3, 0.4) is 0 Å². The average molecular weight is 253 g/mol. The minimum absolute atomic E-state index is 0.173. The van der Waals surface area contributed by atoms with Crippen molar-refractivity contribution < 1.29 is 17.9 Å². The molecule has 1 atom stereocenters. The van der Waals surface area contributed by atoms with E-state index in [4.69, 9.17) is 0 Å². The third-order valence-corrected chi connectivity index (χ3v) is 2.97. The third kappa shape index (κ3) is 8.44. The number of rotatable bonds is 9. The van der Waals surface area contributed by atoms with E-state index < -0.39 is 12.8 Å². The standard InChI is InChI=1S/C12H22F3NO/c1-2-11(8-10-4-5-10)16-6-3-7-17-9-12(13,14)15/h10-11,16H,2-9H2,1H3. The molecule has 0 radical (unpaired) electrons. The molecule has 2 nitrogen and oxygen atoms in total. The molecule has 1 N–H and O–H groups in total. The minimum Gasteiger partial charge on any atom is -0.372 e. The van der Waals surface area contributed by atoms with Gasteiger partial charge >= 0.3 is 6.18 Å². The Balaban J connectivity index is 1.91. The summed E-state index contributed by atoms with van der Waals surface area (Å²) in [4.78, 5) is 0. The van der Waals surface area contributed by atoms with E-state index in [1.165, 1.54) is 19.3 Å². The number of hydrogen-bond acceptors (Lipinski definition) is 2. The summed E-state index contributed by atoms with van der Waals surface area (Å²) in [7, 11) is 0. The number of alkyl halides is 3. The SMILES string of the molecule is CCC(CC1CC1)NCCCOCC(F)(F)F. The lowest BCUT2D eigenvalue weighted by Gasteiger charge is -2.16. The van der Waals surface area contributed by atoms with Gasteiger partial charge in [0.15, 0.2) is 0 Å². The van der Waals surface area contributed by atoms with Gasteiger partial charge in [-0.2, -0.15) is 13.2 Å². The van der Waals surface area contributed by atoms with E-state index in [1.807, 2.05) is 0 Å². The molecule has 1 fully saturated rings. The van der Waals surface area contributed by atoms with E-state index in [0.29, 0.717) is 12.5 Å². The van der Waals surface area contributed by atoms with Crippen molar-refractivity contribution in [2.24, 2.45) is 5.92 Å². The van der Waals surface area contributed by atoms with Crippen molar-refractivity contribution in [1.29, 1.82) is 0 Å². The molecule has 0 spiro atoms. The fourth-order valence-corrected chi connectivity index (χ4v) is 1.82. The first kappa shape index (κ1) is 14.8. The van der Waals surface area contributed by atoms with Gasteiger partial charge in [0.25, 0.3) is 0 Å². The number of nitrogens with one attached hydrogen (secondary N) is 1. The molecule has 1 saturated carbocycles. The van der Waals surface area contributed by atoms with Gasteiger partial charge in [0, 0.05) is 12.6 Å². The Hall–Kier alpha value is -0.290. The average Bonchev–Trinajstić information content (AvgIpc) is 3.03. The molecule has 17 heavy (non-hydrogen) atoms. The molecule has 0 aromatic heterocycles. The Morgan fingerprint density at radius 3 is 2.59 bits per heavy atom. The largest absolute Gasteiger partial charge is 0.411 e. The van der Waals surface area contributed by atoms with E-state index in [9.17, 15) is 13.2 Å². The lowest BCUT2D eigenvalue weighted by molar-refractivity contribution is -0.173. The molecule has 1 aliphatic rings. The van der Waals surface area contributed by atoms with Gasteiger partial charge in [0.2, 0.25) is 0 Å². The maximum atomic E-state index is 11.8. The molecular formula is C12H22F3NO. The lowest BCUT2D eigenvalue weighted by Crippen LogP contribution is -2.30. The van der Waals surface area contributed by atoms with E-state index in [1.54, 1.807) is 0 Å². The van der Waals surface area contributed by atoms with Gasteiger partial charge in [-0.3, -0.25) is 0 Å². The van der Waals surface area contributed by atoms with Crippen LogP contribution in [-0.4, -0.2) is 32.0 Å². The fraction of sp³-hybridized carbons (Fsp3) is 1.00. The smallest absolute Gasteiger partial charge is 0.372 e. The summed E-state index contributed by atoms with van der Waals surface area (Å²) >= 11 is 0. The highest BCUT2D eigenvalue weighted by Crippen LogP contribution is 2.33. The summed E-state index contributed by atoms with van der Waals surface area (Å²) in [6.45, 7) is 1.92. The van der Waals surface area contributed by atoms with Crippen LogP contribution < -0.4 is 5.32 Å². The molecular weight excluding hydrogens is 231 g/mol. The molecule has 0 saturated heterocycles. The normalized spacial score (nSPS) is 18.4. The highest BCUT2D eigenvalue weighted by atomic mass is 19.4. The van der Waals surface area contributed by atoms with Crippen LogP contribution in [-0.2, 0) is 4.74 Å². The highest BCUT2D eigenvalue weighted by Gasteiger charge is 2.27. The van der Waals surface area contributed by atoms with Crippen molar-refractivity contribution in [2.45, 2.75) is 51.2 Å². The third-order valence-electron chi connectivity index (χ3n) is 2.97. The van der Waals surface area contributed by atoms with Crippen molar-refractivity contribution in [3.8, 4) is 0 Å². The number of ether oxygens (including phenoxy) is 1. The predicted molar refractivity (Wildman–Crippen MR) is 60.9 cm³/mol. The summed E-state index contributed by atoms with van der Waals surface area (Å²) in [6.07, 6.45) is 1.40. The lowest BCUT2D eigenvalue weighted by atomic mass is 10.1. The zero-order valence-electron chi connectivity index (χ0n) is 10.4. The maximum absolute atomic E-state index is 11.8. The van der Waals surface area contributed by atoms with Gasteiger partial charge < -0.3 is 10.1 Å². The van der Waals surface area contributed by atoms with Gasteiger partial charge in [-0.25, -0.2) is 0 Å². The first-order valence-corrected chi connectivity index (χ1v) is 6.39. The van der Waals surface area contributed by atoms with Gasteiger partial charge in [-0.15, -0.1) is 0 Å². The summed E-state index contributed by atoms with van der Waals surface area (Å²) in [5, 5.41) is 3.38. The van der Waals surface area contributed by atoms with E-state index >= 15 is 0 Å². The Labute approximate surface area is 101 Å². The molecule has 5 heteroatoms. The zero-order valence-corrected chi connectivity index (χ0v) is 10.4. The molecule has 0 aliphatic heterocycles. The fourth-order valence-electron chi connectivity index (χ4n) is 1.82. The van der Waals surface area contributed by atoms with Crippen LogP contribution >= 0.6 is 0 Å². The Bertz CT molecular complexity index is 204. The van der Waals surface area contributed by atoms with Crippen molar-refractivity contribution >= 4 is 0 Å². The number of halogens is 3. The van der Waals surface area contributed by atoms with E-state index in [0.717, 1.165) is 18.9 Å². The molecule has 1 aliphatic carbocycles. The van der Waals surface area contributed by atoms with Gasteiger partial charge in [0.1, 0.15) is 6.61 Å². The molecule has 0 heterocycles. The van der Waals surface area contributed by atoms with Crippen LogP contribution in [0.2, 0.25) is 0 Å². The van der Waals surface area contributed by atoms with Crippen molar-refractivity contribution in [2.75, 3.05) is 19.8 Å². The Morgan fingerprint density at radius 2 is 2.06 bits per heavy atom. The summed E-state index contributed by atoms with van der Waals surface area (Å²) in [5.74, 6) is 0.883. The van der Waals surface area contributed by atoms with Crippen molar-refractivity contribution in [1.82, 2.24) is 5.32 Å². The maximum Gasteiger partial charge on any atom is 0.411 e. The molecule has 1 rings (SSSR count). The second kappa shape index (κ2) is 7.21. The molecule has 0 aromatic rings. The van der Waals surface area contributed by atoms with Gasteiger partial charge in [-0.05, 0) is 31.7 Å². The molecule has 102 valence electrons. The monoisotopic (exact) mass is 253 g/mol. The quantitative estimate of drug-likeness (QED) is 0.637. The Morgan fingerprint density at radius 1 is 1.35 bits per heavy atom. The summed E-state index contributed by atoms with van der Waals surface area (Å²) in [6, 6.07) is 0.519.